The zero-order chi connectivity index (χ0) is 12.0. The van der Waals surface area contributed by atoms with E-state index >= 15 is 0 Å². The summed E-state index contributed by atoms with van der Waals surface area (Å²) >= 11 is 1.88. The average molecular weight is 282 g/mol. The summed E-state index contributed by atoms with van der Waals surface area (Å²) < 4.78 is 0. The molecule has 1 aliphatic rings. The number of carboxylic acids is 2. The van der Waals surface area contributed by atoms with E-state index in [1.807, 2.05) is 11.8 Å². The smallest absolute Gasteiger partial charge is 0.331 e. The second-order valence-corrected chi connectivity index (χ2v) is 4.74. The van der Waals surface area contributed by atoms with Gasteiger partial charge in [0.15, 0.2) is 0 Å². The molecule has 0 bridgehead atoms. The number of aliphatic carboxylic acids is 2. The quantitative estimate of drug-likeness (QED) is 0.731. The highest BCUT2D eigenvalue weighted by molar-refractivity contribution is 7.99. The SMILES string of the molecule is Cl.O=C(O)/C=C(\CCN1CCSCC1)C(=O)O. The predicted molar refractivity (Wildman–Crippen MR) is 69.0 cm³/mol. The first-order valence-electron chi connectivity index (χ1n) is 5.06. The predicted octanol–water partition coefficient (Wildman–Crippen LogP) is 0.943. The van der Waals surface area contributed by atoms with Crippen LogP contribution in [0, 0.1) is 0 Å². The number of hydrogen-bond acceptors (Lipinski definition) is 4. The molecule has 0 spiro atoms. The fraction of sp³-hybridized carbons (Fsp3) is 0.600. The first kappa shape index (κ1) is 16.3. The van der Waals surface area contributed by atoms with Crippen molar-refractivity contribution in [3.05, 3.63) is 11.6 Å². The molecule has 0 unspecified atom stereocenters. The lowest BCUT2D eigenvalue weighted by atomic mass is 10.1. The molecule has 0 aromatic rings. The second-order valence-electron chi connectivity index (χ2n) is 3.52. The van der Waals surface area contributed by atoms with Crippen LogP contribution in [0.4, 0.5) is 0 Å². The van der Waals surface area contributed by atoms with Crippen LogP contribution < -0.4 is 0 Å². The van der Waals surface area contributed by atoms with Crippen molar-refractivity contribution >= 4 is 36.1 Å². The molecule has 0 saturated carbocycles. The van der Waals surface area contributed by atoms with Crippen molar-refractivity contribution in [2.75, 3.05) is 31.1 Å². The molecule has 2 N–H and O–H groups in total. The number of hydrogen-bond donors (Lipinski definition) is 2. The van der Waals surface area contributed by atoms with E-state index in [2.05, 4.69) is 4.90 Å². The van der Waals surface area contributed by atoms with Crippen molar-refractivity contribution in [3.63, 3.8) is 0 Å². The Kier molecular flexibility index (Phi) is 8.03. The Hall–Kier alpha value is -0.720. The first-order valence-corrected chi connectivity index (χ1v) is 6.22. The van der Waals surface area contributed by atoms with E-state index in [1.165, 1.54) is 0 Å². The van der Waals surface area contributed by atoms with E-state index in [-0.39, 0.29) is 24.4 Å². The minimum absolute atomic E-state index is 0. The third-order valence-electron chi connectivity index (χ3n) is 2.37. The standard InChI is InChI=1S/C10H15NO4S.ClH/c12-9(13)7-8(10(14)15)1-2-11-3-5-16-6-4-11;/h7H,1-6H2,(H,12,13)(H,14,15);1H/b8-7+;. The maximum Gasteiger partial charge on any atom is 0.331 e. The number of thioether (sulfide) groups is 1. The van der Waals surface area contributed by atoms with Gasteiger partial charge in [-0.05, 0) is 6.42 Å². The van der Waals surface area contributed by atoms with E-state index in [9.17, 15) is 9.59 Å². The number of rotatable bonds is 5. The molecule has 98 valence electrons. The van der Waals surface area contributed by atoms with Crippen LogP contribution in [0.15, 0.2) is 11.6 Å². The fourth-order valence-corrected chi connectivity index (χ4v) is 2.47. The largest absolute Gasteiger partial charge is 0.478 e. The number of carboxylic acid groups (broad SMARTS) is 2. The second kappa shape index (κ2) is 8.38. The van der Waals surface area contributed by atoms with Crippen molar-refractivity contribution in [1.82, 2.24) is 4.90 Å². The molecule has 0 atom stereocenters. The monoisotopic (exact) mass is 281 g/mol. The van der Waals surface area contributed by atoms with Crippen LogP contribution in [0.3, 0.4) is 0 Å². The molecule has 17 heavy (non-hydrogen) atoms. The van der Waals surface area contributed by atoms with Gasteiger partial charge in [-0.1, -0.05) is 0 Å². The molecular formula is C10H16ClNO4S. The van der Waals surface area contributed by atoms with Gasteiger partial charge in [0, 0.05) is 42.8 Å². The summed E-state index contributed by atoms with van der Waals surface area (Å²) in [6, 6.07) is 0. The van der Waals surface area contributed by atoms with Gasteiger partial charge >= 0.3 is 11.9 Å². The van der Waals surface area contributed by atoms with Gasteiger partial charge < -0.3 is 15.1 Å². The maximum atomic E-state index is 10.8. The number of halogens is 1. The van der Waals surface area contributed by atoms with Gasteiger partial charge in [-0.15, -0.1) is 12.4 Å². The van der Waals surface area contributed by atoms with E-state index < -0.39 is 11.9 Å². The van der Waals surface area contributed by atoms with Crippen molar-refractivity contribution in [2.24, 2.45) is 0 Å². The molecule has 7 heteroatoms. The Balaban J connectivity index is 0.00000256. The molecule has 0 aromatic heterocycles. The number of nitrogens with zero attached hydrogens (tertiary/aromatic N) is 1. The van der Waals surface area contributed by atoms with Gasteiger partial charge in [-0.3, -0.25) is 0 Å². The first-order chi connectivity index (χ1) is 7.59. The summed E-state index contributed by atoms with van der Waals surface area (Å²) in [5, 5.41) is 17.3. The zero-order valence-electron chi connectivity index (χ0n) is 9.29. The normalized spacial score (nSPS) is 17.3. The highest BCUT2D eigenvalue weighted by atomic mass is 35.5. The van der Waals surface area contributed by atoms with E-state index in [1.54, 1.807) is 0 Å². The molecule has 1 fully saturated rings. The lowest BCUT2D eigenvalue weighted by molar-refractivity contribution is -0.135. The highest BCUT2D eigenvalue weighted by Gasteiger charge is 2.14. The minimum atomic E-state index is -1.20. The Morgan fingerprint density at radius 1 is 1.24 bits per heavy atom. The Bertz CT molecular complexity index is 303. The van der Waals surface area contributed by atoms with Gasteiger partial charge in [0.25, 0.3) is 0 Å². The third-order valence-corrected chi connectivity index (χ3v) is 3.32. The van der Waals surface area contributed by atoms with Crippen molar-refractivity contribution in [1.29, 1.82) is 0 Å². The van der Waals surface area contributed by atoms with E-state index in [4.69, 9.17) is 10.2 Å². The Morgan fingerprint density at radius 3 is 2.29 bits per heavy atom. The minimum Gasteiger partial charge on any atom is -0.478 e. The summed E-state index contributed by atoms with van der Waals surface area (Å²) in [5.74, 6) is -0.226. The van der Waals surface area contributed by atoms with Crippen LogP contribution >= 0.6 is 24.2 Å². The average Bonchev–Trinajstić information content (AvgIpc) is 2.25. The topological polar surface area (TPSA) is 77.8 Å². The summed E-state index contributed by atoms with van der Waals surface area (Å²) in [6.45, 7) is 2.52. The molecule has 0 radical (unpaired) electrons. The van der Waals surface area contributed by atoms with Crippen LogP contribution in [-0.2, 0) is 9.59 Å². The molecule has 1 heterocycles. The molecular weight excluding hydrogens is 266 g/mol. The molecule has 1 aliphatic heterocycles. The molecule has 1 saturated heterocycles. The lowest BCUT2D eigenvalue weighted by Gasteiger charge is -2.25. The van der Waals surface area contributed by atoms with Crippen molar-refractivity contribution in [2.45, 2.75) is 6.42 Å². The van der Waals surface area contributed by atoms with Crippen LogP contribution in [-0.4, -0.2) is 58.2 Å². The van der Waals surface area contributed by atoms with Crippen LogP contribution in [0.25, 0.3) is 0 Å². The molecule has 0 amide bonds. The van der Waals surface area contributed by atoms with Gasteiger partial charge in [0.05, 0.1) is 0 Å². The number of carbonyl (C=O) groups is 2. The highest BCUT2D eigenvalue weighted by Crippen LogP contribution is 2.11. The summed E-state index contributed by atoms with van der Waals surface area (Å²) in [7, 11) is 0. The lowest BCUT2D eigenvalue weighted by Crippen LogP contribution is -2.33. The van der Waals surface area contributed by atoms with Gasteiger partial charge in [0.1, 0.15) is 0 Å². The van der Waals surface area contributed by atoms with E-state index in [0.717, 1.165) is 30.7 Å². The van der Waals surface area contributed by atoms with Gasteiger partial charge in [0.2, 0.25) is 0 Å². The van der Waals surface area contributed by atoms with Crippen LogP contribution in [0.5, 0.6) is 0 Å². The molecule has 0 aliphatic carbocycles. The zero-order valence-corrected chi connectivity index (χ0v) is 10.9. The Morgan fingerprint density at radius 2 is 1.82 bits per heavy atom. The van der Waals surface area contributed by atoms with Crippen molar-refractivity contribution < 1.29 is 19.8 Å². The maximum absolute atomic E-state index is 10.8. The van der Waals surface area contributed by atoms with Crippen LogP contribution in [0.2, 0.25) is 0 Å². The van der Waals surface area contributed by atoms with Crippen molar-refractivity contribution in [3.8, 4) is 0 Å². The van der Waals surface area contributed by atoms with E-state index in [0.29, 0.717) is 6.54 Å². The van der Waals surface area contributed by atoms with Gasteiger partial charge in [-0.2, -0.15) is 11.8 Å². The third kappa shape index (κ3) is 6.55. The molecule has 0 aromatic carbocycles. The summed E-state index contributed by atoms with van der Waals surface area (Å²) in [5.41, 5.74) is -0.0364. The molecule has 5 nitrogen and oxygen atoms in total. The fourth-order valence-electron chi connectivity index (χ4n) is 1.49. The molecule has 1 rings (SSSR count). The van der Waals surface area contributed by atoms with Gasteiger partial charge in [-0.25, -0.2) is 9.59 Å². The summed E-state index contributed by atoms with van der Waals surface area (Å²) in [6.07, 6.45) is 1.06. The summed E-state index contributed by atoms with van der Waals surface area (Å²) in [4.78, 5) is 23.3. The Labute approximate surface area is 110 Å². The van der Waals surface area contributed by atoms with Crippen LogP contribution in [0.1, 0.15) is 6.42 Å².